The molecule has 2 amide bonds. The Morgan fingerprint density at radius 1 is 1.16 bits per heavy atom. The van der Waals surface area contributed by atoms with Gasteiger partial charge in [-0.2, -0.15) is 13.2 Å². The van der Waals surface area contributed by atoms with E-state index in [0.717, 1.165) is 4.90 Å². The molecule has 0 saturated carbocycles. The van der Waals surface area contributed by atoms with Crippen molar-refractivity contribution in [2.45, 2.75) is 6.18 Å². The Morgan fingerprint density at radius 3 is 2.44 bits per heavy atom. The number of anilines is 1. The summed E-state index contributed by atoms with van der Waals surface area (Å²) in [5.74, 6) is -4.41. The summed E-state index contributed by atoms with van der Waals surface area (Å²) in [6.07, 6.45) is -4.69. The summed E-state index contributed by atoms with van der Waals surface area (Å²) >= 11 is 0. The van der Waals surface area contributed by atoms with Gasteiger partial charge in [0.1, 0.15) is 13.2 Å². The monoisotopic (exact) mass is 360 g/mol. The number of alkyl halides is 3. The van der Waals surface area contributed by atoms with Gasteiger partial charge in [-0.05, 0) is 12.1 Å². The lowest BCUT2D eigenvalue weighted by Crippen LogP contribution is -2.35. The fourth-order valence-electron chi connectivity index (χ4n) is 2.88. The number of fused-ring (bicyclic) bond motifs is 1. The largest absolute Gasteiger partial charge is 0.486 e. The Hall–Kier alpha value is -2.65. The topological polar surface area (TPSA) is 88.1 Å². The summed E-state index contributed by atoms with van der Waals surface area (Å²) < 4.78 is 49.6. The summed E-state index contributed by atoms with van der Waals surface area (Å²) in [4.78, 5) is 24.1. The maximum atomic E-state index is 13.0. The number of nitrogens with zero attached hydrogens (tertiary/aromatic N) is 1. The SMILES string of the molecule is O=C(O)[C@@H]1CN(C(=O)Nc2ccc3c(c2)OCCO3)C[C@H]1C(F)(F)F. The Morgan fingerprint density at radius 2 is 1.84 bits per heavy atom. The van der Waals surface area contributed by atoms with Crippen molar-refractivity contribution in [3.8, 4) is 11.5 Å². The van der Waals surface area contributed by atoms with Crippen molar-refractivity contribution < 1.29 is 37.3 Å². The molecule has 3 rings (SSSR count). The molecule has 2 N–H and O–H groups in total. The van der Waals surface area contributed by atoms with Crippen molar-refractivity contribution in [1.29, 1.82) is 0 Å². The summed E-state index contributed by atoms with van der Waals surface area (Å²) in [6, 6.07) is 3.80. The van der Waals surface area contributed by atoms with Crippen LogP contribution in [0.1, 0.15) is 0 Å². The van der Waals surface area contributed by atoms with Gasteiger partial charge in [-0.25, -0.2) is 4.79 Å². The lowest BCUT2D eigenvalue weighted by Gasteiger charge is -2.21. The standard InChI is InChI=1S/C15H15F3N2O5/c16-15(17,18)10-7-20(6-9(10)13(21)22)14(23)19-8-1-2-11-12(5-8)25-4-3-24-11/h1-2,5,9-10H,3-4,6-7H2,(H,19,23)(H,21,22)/t9-,10-/m1/s1. The average molecular weight is 360 g/mol. The van der Waals surface area contributed by atoms with Crippen molar-refractivity contribution in [2.24, 2.45) is 11.8 Å². The van der Waals surface area contributed by atoms with Gasteiger partial charge in [0.25, 0.3) is 0 Å². The van der Waals surface area contributed by atoms with E-state index < -0.39 is 43.1 Å². The molecule has 2 atom stereocenters. The molecule has 1 aromatic carbocycles. The first-order valence-corrected chi connectivity index (χ1v) is 7.51. The third-order valence-corrected chi connectivity index (χ3v) is 4.14. The van der Waals surface area contributed by atoms with Gasteiger partial charge in [0, 0.05) is 24.8 Å². The van der Waals surface area contributed by atoms with E-state index in [2.05, 4.69) is 5.32 Å². The number of nitrogens with one attached hydrogen (secondary N) is 1. The van der Waals surface area contributed by atoms with Crippen LogP contribution < -0.4 is 14.8 Å². The zero-order chi connectivity index (χ0) is 18.2. The van der Waals surface area contributed by atoms with Crippen LogP contribution in [0.3, 0.4) is 0 Å². The summed E-state index contributed by atoms with van der Waals surface area (Å²) in [6.45, 7) is -0.446. The molecule has 25 heavy (non-hydrogen) atoms. The number of carbonyl (C=O) groups is 2. The number of carboxylic acids is 1. The van der Waals surface area contributed by atoms with Crippen molar-refractivity contribution in [3.63, 3.8) is 0 Å². The summed E-state index contributed by atoms with van der Waals surface area (Å²) in [7, 11) is 0. The number of carboxylic acid groups (broad SMARTS) is 1. The van der Waals surface area contributed by atoms with E-state index in [9.17, 15) is 22.8 Å². The lowest BCUT2D eigenvalue weighted by atomic mass is 9.96. The van der Waals surface area contributed by atoms with Crippen LogP contribution in [0, 0.1) is 11.8 Å². The van der Waals surface area contributed by atoms with E-state index in [1.807, 2.05) is 0 Å². The molecular formula is C15H15F3N2O5. The van der Waals surface area contributed by atoms with Gasteiger partial charge in [-0.3, -0.25) is 4.79 Å². The first kappa shape index (κ1) is 17.2. The number of hydrogen-bond acceptors (Lipinski definition) is 4. The molecule has 0 aromatic heterocycles. The van der Waals surface area contributed by atoms with Gasteiger partial charge in [-0.1, -0.05) is 0 Å². The third kappa shape index (κ3) is 3.57. The number of rotatable bonds is 2. The van der Waals surface area contributed by atoms with Crippen molar-refractivity contribution in [3.05, 3.63) is 18.2 Å². The van der Waals surface area contributed by atoms with Crippen LogP contribution >= 0.6 is 0 Å². The molecule has 1 saturated heterocycles. The van der Waals surface area contributed by atoms with E-state index >= 15 is 0 Å². The molecule has 2 aliphatic rings. The second-order valence-electron chi connectivity index (χ2n) is 5.79. The molecule has 7 nitrogen and oxygen atoms in total. The predicted molar refractivity (Wildman–Crippen MR) is 78.7 cm³/mol. The number of carbonyl (C=O) groups excluding carboxylic acids is 1. The first-order chi connectivity index (χ1) is 11.8. The minimum atomic E-state index is -4.69. The van der Waals surface area contributed by atoms with Gasteiger partial charge >= 0.3 is 18.2 Å². The number of ether oxygens (including phenoxy) is 2. The fraction of sp³-hybridized carbons (Fsp3) is 0.467. The molecular weight excluding hydrogens is 345 g/mol. The van der Waals surface area contributed by atoms with E-state index in [0.29, 0.717) is 30.4 Å². The fourth-order valence-corrected chi connectivity index (χ4v) is 2.88. The highest BCUT2D eigenvalue weighted by Gasteiger charge is 2.53. The highest BCUT2D eigenvalue weighted by Crippen LogP contribution is 2.38. The summed E-state index contributed by atoms with van der Waals surface area (Å²) in [5, 5.41) is 11.4. The van der Waals surface area contributed by atoms with Crippen LogP contribution in [-0.4, -0.2) is 54.5 Å². The normalized spacial score (nSPS) is 22.6. The zero-order valence-electron chi connectivity index (χ0n) is 12.9. The lowest BCUT2D eigenvalue weighted by molar-refractivity contribution is -0.187. The molecule has 10 heteroatoms. The summed E-state index contributed by atoms with van der Waals surface area (Å²) in [5.41, 5.74) is 0.316. The highest BCUT2D eigenvalue weighted by atomic mass is 19.4. The van der Waals surface area contributed by atoms with Crippen molar-refractivity contribution in [1.82, 2.24) is 4.90 Å². The molecule has 1 fully saturated rings. The molecule has 0 spiro atoms. The van der Waals surface area contributed by atoms with E-state index in [-0.39, 0.29) is 0 Å². The number of amides is 2. The van der Waals surface area contributed by atoms with E-state index in [4.69, 9.17) is 14.6 Å². The van der Waals surface area contributed by atoms with Gasteiger partial charge < -0.3 is 24.8 Å². The molecule has 0 bridgehead atoms. The number of halogens is 3. The predicted octanol–water partition coefficient (Wildman–Crippen LogP) is 2.18. The van der Waals surface area contributed by atoms with Gasteiger partial charge in [-0.15, -0.1) is 0 Å². The maximum Gasteiger partial charge on any atom is 0.394 e. The Kier molecular flexibility index (Phi) is 4.36. The second-order valence-corrected chi connectivity index (χ2v) is 5.79. The average Bonchev–Trinajstić information content (AvgIpc) is 3.01. The van der Waals surface area contributed by atoms with Gasteiger partial charge in [0.05, 0.1) is 11.8 Å². The maximum absolute atomic E-state index is 13.0. The Labute approximate surface area is 140 Å². The number of likely N-dealkylation sites (tertiary alicyclic amines) is 1. The van der Waals surface area contributed by atoms with Crippen LogP contribution in [0.25, 0.3) is 0 Å². The molecule has 2 aliphatic heterocycles. The molecule has 136 valence electrons. The Balaban J connectivity index is 1.70. The minimum Gasteiger partial charge on any atom is -0.486 e. The highest BCUT2D eigenvalue weighted by molar-refractivity contribution is 5.90. The molecule has 0 radical (unpaired) electrons. The van der Waals surface area contributed by atoms with Crippen LogP contribution in [0.15, 0.2) is 18.2 Å². The first-order valence-electron chi connectivity index (χ1n) is 7.51. The smallest absolute Gasteiger partial charge is 0.394 e. The number of hydrogen-bond donors (Lipinski definition) is 2. The third-order valence-electron chi connectivity index (χ3n) is 4.14. The van der Waals surface area contributed by atoms with Crippen LogP contribution in [0.2, 0.25) is 0 Å². The quantitative estimate of drug-likeness (QED) is 0.844. The van der Waals surface area contributed by atoms with Gasteiger partial charge in [0.2, 0.25) is 0 Å². The number of benzene rings is 1. The van der Waals surface area contributed by atoms with E-state index in [1.54, 1.807) is 6.07 Å². The van der Waals surface area contributed by atoms with Crippen LogP contribution in [0.5, 0.6) is 11.5 Å². The van der Waals surface area contributed by atoms with Crippen LogP contribution in [0.4, 0.5) is 23.7 Å². The second kappa shape index (κ2) is 6.34. The number of aliphatic carboxylic acids is 1. The Bertz CT molecular complexity index is 694. The minimum absolute atomic E-state index is 0.316. The molecule has 1 aromatic rings. The van der Waals surface area contributed by atoms with Crippen molar-refractivity contribution in [2.75, 3.05) is 31.6 Å². The van der Waals surface area contributed by atoms with E-state index in [1.165, 1.54) is 12.1 Å². The van der Waals surface area contributed by atoms with Crippen molar-refractivity contribution >= 4 is 17.7 Å². The van der Waals surface area contributed by atoms with Crippen LogP contribution in [-0.2, 0) is 4.79 Å². The van der Waals surface area contributed by atoms with Gasteiger partial charge in [0.15, 0.2) is 11.5 Å². The molecule has 0 unspecified atom stereocenters. The zero-order valence-corrected chi connectivity index (χ0v) is 12.9. The molecule has 0 aliphatic carbocycles. The number of urea groups is 1. The molecule has 2 heterocycles.